The van der Waals surface area contributed by atoms with Gasteiger partial charge in [-0.3, -0.25) is 38.4 Å². The fourth-order valence-corrected chi connectivity index (χ4v) is 8.37. The number of carbonyl (C=O) groups excluding carboxylic acids is 8. The van der Waals surface area contributed by atoms with Crippen LogP contribution in [-0.4, -0.2) is 171 Å². The molecule has 77 heavy (non-hydrogen) atoms. The number of nitrogens with one attached hydrogen (secondary N) is 5. The lowest BCUT2D eigenvalue weighted by atomic mass is 9.89. The first-order valence-electron chi connectivity index (χ1n) is 25.0. The molecule has 0 aliphatic carbocycles. The molecule has 2 rings (SSSR count). The van der Waals surface area contributed by atoms with Crippen molar-refractivity contribution in [3.05, 3.63) is 71.8 Å². The second-order valence-corrected chi connectivity index (χ2v) is 18.5. The second-order valence-electron chi connectivity index (χ2n) is 18.2. The summed E-state index contributed by atoms with van der Waals surface area (Å²) in [6.07, 6.45) is 0.814. The molecular weight excluding hydrogens is 1030 g/mol. The average Bonchev–Trinajstić information content (AvgIpc) is 3.38. The summed E-state index contributed by atoms with van der Waals surface area (Å²) in [5, 5.41) is 50.2. The van der Waals surface area contributed by atoms with Gasteiger partial charge in [0.05, 0.1) is 12.5 Å². The van der Waals surface area contributed by atoms with E-state index in [9.17, 15) is 72.9 Å². The number of carboxylic acid groups (broad SMARTS) is 4. The highest BCUT2D eigenvalue weighted by Crippen LogP contribution is 2.18. The minimum absolute atomic E-state index is 0.0151. The van der Waals surface area contributed by atoms with E-state index >= 15 is 0 Å². The third-order valence-electron chi connectivity index (χ3n) is 12.4. The number of rotatable bonds is 39. The van der Waals surface area contributed by atoms with Gasteiger partial charge in [0.2, 0.25) is 11.8 Å². The predicted octanol–water partition coefficient (Wildman–Crippen LogP) is 1.75. The number of hydrogen-bond donors (Lipinski definition) is 10. The second kappa shape index (κ2) is 35.7. The molecule has 0 unspecified atom stereocenters. The fourth-order valence-electron chi connectivity index (χ4n) is 7.97. The highest BCUT2D eigenvalue weighted by Gasteiger charge is 2.38. The summed E-state index contributed by atoms with van der Waals surface area (Å²) in [4.78, 5) is 151. The number of thiol groups is 1. The number of carboxylic acids is 4. The number of aliphatic carboxylic acids is 4. The highest BCUT2D eigenvalue weighted by atomic mass is 32.1. The molecular formula is C52H72N7O17S+. The molecule has 6 atom stereocenters. The van der Waals surface area contributed by atoms with Crippen LogP contribution in [0.4, 0.5) is 4.79 Å². The molecule has 0 aliphatic rings. The van der Waals surface area contributed by atoms with E-state index < -0.39 is 108 Å². The number of unbranched alkanes of at least 4 members (excludes halogenated alkanes) is 5. The Labute approximate surface area is 451 Å². The molecule has 6 amide bonds. The Morgan fingerprint density at radius 2 is 1.27 bits per heavy atom. The Kier molecular flexibility index (Phi) is 30.4. The average molecular weight is 1100 g/mol. The standard InChI is InChI=1S/C52H71N7O17S/c1-53-39(48(69)58(2)40(29-46(66)67)49(70)59(3)41(31-77)51(73)74)30-54-47(68)35(26-33-16-10-8-11-17-33)28-42(62)38(27-34-18-12-9-13-19-34)55-43(63)21-15-7-5-4-6-14-20-36(61)22-23-37(50(71)72)56-52(75)57-44(76-32-60)24-25-45(64)65/h8-13,16-19,32,35,37-39,41,44,53H,4-7,14-15,20-31H2,1-3H3,(H8-,54,55,56,57,63,64,65,66,67,68,71,72,73,74,75,77)/p+1/t35-,37+,38+,39+,41+,44-/m1/s1. The van der Waals surface area contributed by atoms with E-state index in [1.54, 1.807) is 60.7 Å². The van der Waals surface area contributed by atoms with Gasteiger partial charge in [0.25, 0.3) is 12.2 Å². The molecule has 0 bridgehead atoms. The molecule has 422 valence electrons. The van der Waals surface area contributed by atoms with Crippen LogP contribution in [0.5, 0.6) is 0 Å². The van der Waals surface area contributed by atoms with Crippen molar-refractivity contribution in [2.75, 3.05) is 33.4 Å². The van der Waals surface area contributed by atoms with E-state index in [1.165, 1.54) is 7.05 Å². The van der Waals surface area contributed by atoms with Crippen molar-refractivity contribution in [2.24, 2.45) is 5.92 Å². The first kappa shape index (κ1) is 65.6. The molecule has 0 spiro atoms. The van der Waals surface area contributed by atoms with Gasteiger partial charge in [0.15, 0.2) is 18.1 Å². The lowest BCUT2D eigenvalue weighted by Crippen LogP contribution is -2.53. The van der Waals surface area contributed by atoms with Gasteiger partial charge in [-0.15, -0.1) is 0 Å². The van der Waals surface area contributed by atoms with Crippen LogP contribution >= 0.6 is 12.6 Å². The van der Waals surface area contributed by atoms with Crippen molar-refractivity contribution in [2.45, 2.75) is 133 Å². The minimum Gasteiger partial charge on any atom is -0.481 e. The number of ether oxygens (including phenoxy) is 1. The van der Waals surface area contributed by atoms with Gasteiger partial charge in [0, 0.05) is 57.4 Å². The number of carbonyl (C=O) groups is 12. The third-order valence-corrected chi connectivity index (χ3v) is 12.7. The van der Waals surface area contributed by atoms with Crippen LogP contribution < -0.4 is 26.6 Å². The van der Waals surface area contributed by atoms with Crippen molar-refractivity contribution in [1.82, 2.24) is 31.5 Å². The summed E-state index contributed by atoms with van der Waals surface area (Å²) in [7, 11) is 3.71. The van der Waals surface area contributed by atoms with Gasteiger partial charge in [-0.05, 0) is 50.3 Å². The molecule has 9 N–H and O–H groups in total. The number of nitrogens with zero attached hydrogens (tertiary/aromatic N) is 2. The Balaban J connectivity index is 2.05. The maximum atomic E-state index is 14.2. The zero-order valence-corrected chi connectivity index (χ0v) is 44.4. The van der Waals surface area contributed by atoms with Crippen LogP contribution in [0, 0.1) is 5.92 Å². The Hall–Kier alpha value is -7.54. The molecule has 0 radical (unpaired) electrons. The first-order chi connectivity index (χ1) is 36.6. The number of hydrogen-bond acceptors (Lipinski definition) is 15. The van der Waals surface area contributed by atoms with E-state index in [2.05, 4.69) is 43.9 Å². The van der Waals surface area contributed by atoms with E-state index in [1.807, 2.05) is 0 Å². The predicted molar refractivity (Wildman–Crippen MR) is 280 cm³/mol. The molecule has 0 aliphatic heterocycles. The molecule has 24 nitrogen and oxygen atoms in total. The Bertz CT molecular complexity index is 2370. The number of Topliss-reactive ketones (excluding diaryl/α,β-unsaturated/α-hetero) is 2. The van der Waals surface area contributed by atoms with E-state index in [4.69, 9.17) is 5.11 Å². The molecule has 0 saturated heterocycles. The summed E-state index contributed by atoms with van der Waals surface area (Å²) in [5.41, 5.74) is 0.954. The largest absolute Gasteiger partial charge is 0.481 e. The fraction of sp³-hybridized carbons (Fsp3) is 0.519. The van der Waals surface area contributed by atoms with Gasteiger partial charge in [-0.1, -0.05) is 86.3 Å². The molecule has 0 aromatic heterocycles. The van der Waals surface area contributed by atoms with Crippen LogP contribution in [-0.2, 0) is 70.3 Å². The van der Waals surface area contributed by atoms with Gasteiger partial charge >= 0.3 is 41.7 Å². The summed E-state index contributed by atoms with van der Waals surface area (Å²) in [5.74, 6) is -10.2. The lowest BCUT2D eigenvalue weighted by Gasteiger charge is -2.23. The van der Waals surface area contributed by atoms with Gasteiger partial charge in [0.1, 0.15) is 31.3 Å². The first-order valence-corrected chi connectivity index (χ1v) is 25.7. The van der Waals surface area contributed by atoms with E-state index in [0.717, 1.165) is 47.5 Å². The third kappa shape index (κ3) is 25.2. The minimum atomic E-state index is -1.46. The van der Waals surface area contributed by atoms with Crippen molar-refractivity contribution in [1.29, 1.82) is 0 Å². The molecule has 2 aromatic rings. The lowest BCUT2D eigenvalue weighted by molar-refractivity contribution is -0.421. The topological polar surface area (TPSA) is 361 Å². The molecule has 25 heteroatoms. The maximum Gasteiger partial charge on any atom is 0.405 e. The molecule has 2 aromatic carbocycles. The summed E-state index contributed by atoms with van der Waals surface area (Å²) in [6, 6.07) is 11.8. The Morgan fingerprint density at radius 3 is 1.81 bits per heavy atom. The van der Waals surface area contributed by atoms with Crippen LogP contribution in [0.3, 0.4) is 0 Å². The van der Waals surface area contributed by atoms with Crippen LogP contribution in [0.2, 0.25) is 0 Å². The monoisotopic (exact) mass is 1100 g/mol. The van der Waals surface area contributed by atoms with Crippen LogP contribution in [0.25, 0.3) is 0 Å². The molecule has 0 heterocycles. The van der Waals surface area contributed by atoms with Crippen molar-refractivity contribution in [3.8, 4) is 0 Å². The number of ketones is 2. The van der Waals surface area contributed by atoms with Gasteiger partial charge in [-0.2, -0.15) is 17.2 Å². The van der Waals surface area contributed by atoms with Crippen LogP contribution in [0.15, 0.2) is 60.7 Å². The zero-order chi connectivity index (χ0) is 57.5. The quantitative estimate of drug-likeness (QED) is 0.0114. The highest BCUT2D eigenvalue weighted by molar-refractivity contribution is 7.80. The molecule has 0 fully saturated rings. The van der Waals surface area contributed by atoms with Gasteiger partial charge < -0.3 is 56.6 Å². The van der Waals surface area contributed by atoms with Crippen molar-refractivity contribution < 1.29 is 87.3 Å². The van der Waals surface area contributed by atoms with Gasteiger partial charge in [-0.25, -0.2) is 19.2 Å². The Morgan fingerprint density at radius 1 is 0.688 bits per heavy atom. The molecule has 0 saturated carbocycles. The van der Waals surface area contributed by atoms with Crippen molar-refractivity contribution >= 4 is 89.9 Å². The number of benzene rings is 2. The normalized spacial score (nSPS) is 13.6. The maximum absolute atomic E-state index is 14.2. The van der Waals surface area contributed by atoms with Crippen LogP contribution in [0.1, 0.15) is 101 Å². The number of amides is 6. The summed E-state index contributed by atoms with van der Waals surface area (Å²) >= 11 is 3.98. The summed E-state index contributed by atoms with van der Waals surface area (Å²) < 4.78 is 5.43. The van der Waals surface area contributed by atoms with Crippen molar-refractivity contribution in [3.63, 3.8) is 0 Å². The van der Waals surface area contributed by atoms with E-state index in [0.29, 0.717) is 25.7 Å². The zero-order valence-electron chi connectivity index (χ0n) is 43.5. The summed E-state index contributed by atoms with van der Waals surface area (Å²) in [6.45, 7) is -0.346. The SMILES string of the molecule is CN[C@@H](CNC(=O)[C@@H](CC(=O)[C@H](Cc1ccccc1)NC(=O)CCCCCCCCC(=O)CC[C@H](NC(=O)N[C@@H](CCC(=O)O)OC=O)C(=O)O)Cc1ccccc1)C(=O)[N+](C)=C(CC(=O)O)C(=O)N(C)[C@@H](CS)C(=O)O. The number of urea groups is 1. The smallest absolute Gasteiger partial charge is 0.405 e. The van der Waals surface area contributed by atoms with E-state index in [-0.39, 0.29) is 81.8 Å². The number of likely N-dealkylation sites (N-methyl/N-ethyl adjacent to an activating group) is 3.